The quantitative estimate of drug-likeness (QED) is 0.706. The molecule has 0 aliphatic carbocycles. The molecule has 4 heteroatoms. The molecular weight excluding hydrogens is 226 g/mol. The number of hydrogen-bond acceptors (Lipinski definition) is 3. The Hall–Kier alpha value is -2.49. The van der Waals surface area contributed by atoms with Crippen LogP contribution in [0.5, 0.6) is 0 Å². The van der Waals surface area contributed by atoms with E-state index in [9.17, 15) is 4.79 Å². The fourth-order valence-corrected chi connectivity index (χ4v) is 2.16. The van der Waals surface area contributed by atoms with Crippen LogP contribution in [0.1, 0.15) is 5.56 Å². The molecule has 88 valence electrons. The van der Waals surface area contributed by atoms with Gasteiger partial charge in [0.1, 0.15) is 0 Å². The molecular formula is C14H11N3O. The van der Waals surface area contributed by atoms with Gasteiger partial charge >= 0.3 is 0 Å². The highest BCUT2D eigenvalue weighted by Crippen LogP contribution is 2.28. The van der Waals surface area contributed by atoms with E-state index in [2.05, 4.69) is 15.0 Å². The number of aromatic amines is 1. The number of nitrogens with zero attached hydrogens (tertiary/aromatic N) is 2. The average molecular weight is 237 g/mol. The van der Waals surface area contributed by atoms with Crippen molar-refractivity contribution in [2.45, 2.75) is 6.92 Å². The highest BCUT2D eigenvalue weighted by atomic mass is 16.1. The van der Waals surface area contributed by atoms with Crippen molar-refractivity contribution in [3.05, 3.63) is 58.9 Å². The van der Waals surface area contributed by atoms with Crippen molar-refractivity contribution in [2.24, 2.45) is 0 Å². The van der Waals surface area contributed by atoms with Gasteiger partial charge in [0.2, 0.25) is 0 Å². The fraction of sp³-hybridized carbons (Fsp3) is 0.0714. The summed E-state index contributed by atoms with van der Waals surface area (Å²) in [5.41, 5.74) is 3.54. The second kappa shape index (κ2) is 4.07. The van der Waals surface area contributed by atoms with Crippen molar-refractivity contribution in [3.63, 3.8) is 0 Å². The maximum atomic E-state index is 12.0. The first-order valence-electron chi connectivity index (χ1n) is 5.65. The summed E-state index contributed by atoms with van der Waals surface area (Å²) >= 11 is 0. The molecule has 0 saturated heterocycles. The van der Waals surface area contributed by atoms with E-state index in [1.165, 1.54) is 6.33 Å². The van der Waals surface area contributed by atoms with Crippen molar-refractivity contribution in [2.75, 3.05) is 0 Å². The van der Waals surface area contributed by atoms with Crippen molar-refractivity contribution in [3.8, 4) is 11.1 Å². The van der Waals surface area contributed by atoms with Gasteiger partial charge in [0.25, 0.3) is 5.56 Å². The van der Waals surface area contributed by atoms with Gasteiger partial charge in [0.15, 0.2) is 0 Å². The minimum atomic E-state index is -0.115. The monoisotopic (exact) mass is 237 g/mol. The zero-order valence-electron chi connectivity index (χ0n) is 9.84. The van der Waals surface area contributed by atoms with E-state index in [-0.39, 0.29) is 5.56 Å². The first kappa shape index (κ1) is 10.7. The highest BCUT2D eigenvalue weighted by molar-refractivity contribution is 5.95. The molecule has 0 radical (unpaired) electrons. The van der Waals surface area contributed by atoms with Gasteiger partial charge in [0.05, 0.1) is 17.2 Å². The van der Waals surface area contributed by atoms with Crippen LogP contribution < -0.4 is 5.56 Å². The number of fused-ring (bicyclic) bond motifs is 1. The van der Waals surface area contributed by atoms with Gasteiger partial charge in [-0.3, -0.25) is 9.78 Å². The third kappa shape index (κ3) is 1.59. The summed E-state index contributed by atoms with van der Waals surface area (Å²) in [5, 5.41) is 0.628. The summed E-state index contributed by atoms with van der Waals surface area (Å²) in [6.45, 7) is 1.99. The number of pyridine rings is 1. The van der Waals surface area contributed by atoms with Crippen LogP contribution in [0.2, 0.25) is 0 Å². The molecule has 2 heterocycles. The first-order chi connectivity index (χ1) is 8.77. The molecule has 0 aliphatic heterocycles. The second-order valence-electron chi connectivity index (χ2n) is 4.12. The molecule has 0 unspecified atom stereocenters. The van der Waals surface area contributed by atoms with Crippen LogP contribution in [-0.4, -0.2) is 15.0 Å². The van der Waals surface area contributed by atoms with Gasteiger partial charge in [0, 0.05) is 12.4 Å². The van der Waals surface area contributed by atoms with E-state index in [0.717, 1.165) is 16.7 Å². The lowest BCUT2D eigenvalue weighted by atomic mass is 9.97. The fourth-order valence-electron chi connectivity index (χ4n) is 2.16. The van der Waals surface area contributed by atoms with Crippen LogP contribution in [0.4, 0.5) is 0 Å². The molecule has 0 aliphatic rings. The third-order valence-corrected chi connectivity index (χ3v) is 2.99. The summed E-state index contributed by atoms with van der Waals surface area (Å²) < 4.78 is 0. The first-order valence-corrected chi connectivity index (χ1v) is 5.65. The van der Waals surface area contributed by atoms with Crippen LogP contribution >= 0.6 is 0 Å². The van der Waals surface area contributed by atoms with E-state index >= 15 is 0 Å². The van der Waals surface area contributed by atoms with E-state index in [4.69, 9.17) is 0 Å². The Morgan fingerprint density at radius 1 is 1.11 bits per heavy atom. The lowest BCUT2D eigenvalue weighted by Gasteiger charge is -2.08. The molecule has 1 aromatic carbocycles. The van der Waals surface area contributed by atoms with Crippen molar-refractivity contribution < 1.29 is 0 Å². The van der Waals surface area contributed by atoms with Crippen LogP contribution in [0.25, 0.3) is 22.0 Å². The van der Waals surface area contributed by atoms with Gasteiger partial charge in [-0.2, -0.15) is 0 Å². The SMILES string of the molecule is Cc1ccc2nc[nH]c(=O)c2c1-c1ccncc1. The number of benzene rings is 1. The van der Waals surface area contributed by atoms with Crippen molar-refractivity contribution >= 4 is 10.9 Å². The lowest BCUT2D eigenvalue weighted by Crippen LogP contribution is -2.08. The van der Waals surface area contributed by atoms with Gasteiger partial charge in [-0.05, 0) is 41.8 Å². The molecule has 3 aromatic rings. The van der Waals surface area contributed by atoms with E-state index < -0.39 is 0 Å². The Morgan fingerprint density at radius 3 is 2.67 bits per heavy atom. The molecule has 3 rings (SSSR count). The topological polar surface area (TPSA) is 58.6 Å². The van der Waals surface area contributed by atoms with E-state index in [1.807, 2.05) is 31.2 Å². The summed E-state index contributed by atoms with van der Waals surface area (Å²) in [7, 11) is 0. The Bertz CT molecular complexity index is 763. The van der Waals surface area contributed by atoms with Crippen LogP contribution in [-0.2, 0) is 0 Å². The largest absolute Gasteiger partial charge is 0.313 e. The zero-order chi connectivity index (χ0) is 12.5. The highest BCUT2D eigenvalue weighted by Gasteiger charge is 2.10. The minimum absolute atomic E-state index is 0.115. The zero-order valence-corrected chi connectivity index (χ0v) is 9.84. The number of H-pyrrole nitrogens is 1. The van der Waals surface area contributed by atoms with Crippen LogP contribution in [0.3, 0.4) is 0 Å². The van der Waals surface area contributed by atoms with Gasteiger partial charge in [-0.1, -0.05) is 6.07 Å². The smallest absolute Gasteiger partial charge is 0.259 e. The Kier molecular flexibility index (Phi) is 2.41. The van der Waals surface area contributed by atoms with E-state index in [1.54, 1.807) is 12.4 Å². The molecule has 1 N–H and O–H groups in total. The molecule has 0 amide bonds. The van der Waals surface area contributed by atoms with Gasteiger partial charge in [-0.15, -0.1) is 0 Å². The average Bonchev–Trinajstić information content (AvgIpc) is 2.40. The number of hydrogen-bond donors (Lipinski definition) is 1. The summed E-state index contributed by atoms with van der Waals surface area (Å²) in [6, 6.07) is 7.64. The maximum absolute atomic E-state index is 12.0. The molecule has 0 spiro atoms. The summed E-state index contributed by atoms with van der Waals surface area (Å²) in [4.78, 5) is 22.8. The molecule has 18 heavy (non-hydrogen) atoms. The predicted molar refractivity (Wildman–Crippen MR) is 70.3 cm³/mol. The normalized spacial score (nSPS) is 10.7. The van der Waals surface area contributed by atoms with Crippen molar-refractivity contribution in [1.82, 2.24) is 15.0 Å². The third-order valence-electron chi connectivity index (χ3n) is 2.99. The number of rotatable bonds is 1. The Morgan fingerprint density at radius 2 is 1.89 bits per heavy atom. The molecule has 4 nitrogen and oxygen atoms in total. The Labute approximate surface area is 103 Å². The summed E-state index contributed by atoms with van der Waals surface area (Å²) in [5.74, 6) is 0. The van der Waals surface area contributed by atoms with Gasteiger partial charge in [-0.25, -0.2) is 4.98 Å². The lowest BCUT2D eigenvalue weighted by molar-refractivity contribution is 1.17. The number of aryl methyl sites for hydroxylation is 1. The van der Waals surface area contributed by atoms with Gasteiger partial charge < -0.3 is 4.98 Å². The molecule has 0 bridgehead atoms. The molecule has 0 fully saturated rings. The van der Waals surface area contributed by atoms with Crippen LogP contribution in [0.15, 0.2) is 47.8 Å². The molecule has 0 saturated carbocycles. The van der Waals surface area contributed by atoms with E-state index in [0.29, 0.717) is 10.9 Å². The standard InChI is InChI=1S/C14H11N3O/c1-9-2-3-11-13(14(18)17-8-16-11)12(9)10-4-6-15-7-5-10/h2-8H,1H3,(H,16,17,18). The Balaban J connectivity index is 2.48. The predicted octanol–water partition coefficient (Wildman–Crippen LogP) is 2.29. The minimum Gasteiger partial charge on any atom is -0.313 e. The maximum Gasteiger partial charge on any atom is 0.259 e. The number of nitrogens with one attached hydrogen (secondary N) is 1. The number of aromatic nitrogens is 3. The summed E-state index contributed by atoms with van der Waals surface area (Å²) in [6.07, 6.45) is 4.87. The van der Waals surface area contributed by atoms with Crippen LogP contribution in [0, 0.1) is 6.92 Å². The molecule has 2 aromatic heterocycles. The molecule has 0 atom stereocenters. The van der Waals surface area contributed by atoms with Crippen molar-refractivity contribution in [1.29, 1.82) is 0 Å². The second-order valence-corrected chi connectivity index (χ2v) is 4.12.